The van der Waals surface area contributed by atoms with Gasteiger partial charge in [0.2, 0.25) is 0 Å². The molecule has 4 N–H and O–H groups in total. The molecule has 0 aromatic heterocycles. The maximum Gasteiger partial charge on any atom is 0.469 e. The van der Waals surface area contributed by atoms with Crippen LogP contribution < -0.4 is 0 Å². The molecule has 0 saturated heterocycles. The van der Waals surface area contributed by atoms with Crippen LogP contribution in [-0.4, -0.2) is 38.8 Å². The molecule has 96 valence electrons. The minimum absolute atomic E-state index is 0.323. The van der Waals surface area contributed by atoms with Crippen molar-refractivity contribution in [2.45, 2.75) is 32.5 Å². The van der Waals surface area contributed by atoms with Crippen LogP contribution in [0.15, 0.2) is 12.2 Å². The highest BCUT2D eigenvalue weighted by Crippen LogP contribution is 2.36. The average molecular weight is 254 g/mol. The smallest absolute Gasteiger partial charge is 0.390 e. The van der Waals surface area contributed by atoms with Gasteiger partial charge in [0.05, 0.1) is 18.8 Å². The molecule has 7 heteroatoms. The Hall–Kier alpha value is -0.230. The topological polar surface area (TPSA) is 107 Å². The molecular weight excluding hydrogens is 235 g/mol. The molecule has 0 aromatic rings. The van der Waals surface area contributed by atoms with E-state index in [0.717, 1.165) is 0 Å². The van der Waals surface area contributed by atoms with E-state index >= 15 is 0 Å². The van der Waals surface area contributed by atoms with Gasteiger partial charge < -0.3 is 20.0 Å². The minimum Gasteiger partial charge on any atom is -0.390 e. The number of aliphatic hydroxyl groups excluding tert-OH is 2. The van der Waals surface area contributed by atoms with E-state index in [1.54, 1.807) is 13.8 Å². The van der Waals surface area contributed by atoms with Crippen molar-refractivity contribution in [2.75, 3.05) is 6.61 Å². The van der Waals surface area contributed by atoms with E-state index in [4.69, 9.17) is 9.79 Å². The van der Waals surface area contributed by atoms with Gasteiger partial charge in [-0.2, -0.15) is 0 Å². The van der Waals surface area contributed by atoms with Gasteiger partial charge in [-0.25, -0.2) is 4.57 Å². The number of rotatable bonds is 7. The first-order chi connectivity index (χ1) is 7.19. The highest BCUT2D eigenvalue weighted by Gasteiger charge is 2.25. The van der Waals surface area contributed by atoms with Crippen LogP contribution in [0.2, 0.25) is 0 Å². The number of phosphoric ester groups is 1. The highest BCUT2D eigenvalue weighted by molar-refractivity contribution is 7.46. The zero-order valence-corrected chi connectivity index (χ0v) is 10.3. The molecule has 0 fully saturated rings. The molecule has 0 bridgehead atoms. The summed E-state index contributed by atoms with van der Waals surface area (Å²) in [5, 5.41) is 19.0. The van der Waals surface area contributed by atoms with Crippen LogP contribution in [0.25, 0.3) is 0 Å². The van der Waals surface area contributed by atoms with Crippen molar-refractivity contribution in [3.63, 3.8) is 0 Å². The lowest BCUT2D eigenvalue weighted by atomic mass is 9.92. The van der Waals surface area contributed by atoms with Crippen molar-refractivity contribution in [3.05, 3.63) is 12.2 Å². The molecule has 0 aliphatic carbocycles. The molecule has 16 heavy (non-hydrogen) atoms. The second kappa shape index (κ2) is 6.49. The summed E-state index contributed by atoms with van der Waals surface area (Å²) in [6, 6.07) is 0. The maximum absolute atomic E-state index is 10.4. The molecule has 0 radical (unpaired) electrons. The van der Waals surface area contributed by atoms with Crippen molar-refractivity contribution in [3.8, 4) is 0 Å². The van der Waals surface area contributed by atoms with Crippen molar-refractivity contribution < 1.29 is 29.1 Å². The highest BCUT2D eigenvalue weighted by atomic mass is 31.2. The van der Waals surface area contributed by atoms with Crippen LogP contribution in [0.1, 0.15) is 20.3 Å². The molecule has 0 aromatic carbocycles. The first-order valence-corrected chi connectivity index (χ1v) is 6.46. The van der Waals surface area contributed by atoms with Gasteiger partial charge in [-0.05, 0) is 12.0 Å². The number of hydrogen-bond donors (Lipinski definition) is 4. The van der Waals surface area contributed by atoms with Gasteiger partial charge in [-0.1, -0.05) is 20.4 Å². The van der Waals surface area contributed by atoms with E-state index in [9.17, 15) is 14.8 Å². The molecule has 0 amide bonds. The second-order valence-electron chi connectivity index (χ2n) is 3.68. The summed E-state index contributed by atoms with van der Waals surface area (Å²) in [5.74, 6) is -0.499. The van der Waals surface area contributed by atoms with Gasteiger partial charge >= 0.3 is 7.82 Å². The van der Waals surface area contributed by atoms with E-state index in [0.29, 0.717) is 12.0 Å². The molecule has 0 unspecified atom stereocenters. The Balaban J connectivity index is 4.23. The molecule has 0 heterocycles. The van der Waals surface area contributed by atoms with Gasteiger partial charge in [0.25, 0.3) is 0 Å². The van der Waals surface area contributed by atoms with Gasteiger partial charge in [0.15, 0.2) is 0 Å². The standard InChI is InChI=1S/C9H19O6P/c1-4-8(10)9(11)7(3)6(2)5-15-16(12,13)14/h7-11H,2,4-5H2,1,3H3,(H2,12,13,14)/t7-,8+,9+/m0/s1. The Morgan fingerprint density at radius 2 is 1.94 bits per heavy atom. The van der Waals surface area contributed by atoms with E-state index in [-0.39, 0.29) is 6.61 Å². The summed E-state index contributed by atoms with van der Waals surface area (Å²) in [6.07, 6.45) is -1.52. The zero-order chi connectivity index (χ0) is 12.9. The Morgan fingerprint density at radius 3 is 2.31 bits per heavy atom. The van der Waals surface area contributed by atoms with Crippen LogP contribution in [0.4, 0.5) is 0 Å². The molecule has 0 saturated carbocycles. The van der Waals surface area contributed by atoms with Crippen LogP contribution in [0.3, 0.4) is 0 Å². The Kier molecular flexibility index (Phi) is 6.40. The number of aliphatic hydroxyl groups is 2. The molecule has 0 rings (SSSR count). The quantitative estimate of drug-likeness (QED) is 0.387. The van der Waals surface area contributed by atoms with Crippen LogP contribution in [0, 0.1) is 5.92 Å². The fourth-order valence-corrected chi connectivity index (χ4v) is 1.45. The average Bonchev–Trinajstić information content (AvgIpc) is 2.21. The Bertz CT molecular complexity index is 273. The lowest BCUT2D eigenvalue weighted by Crippen LogP contribution is -2.33. The molecule has 0 aliphatic heterocycles. The second-order valence-corrected chi connectivity index (χ2v) is 4.92. The van der Waals surface area contributed by atoms with Crippen molar-refractivity contribution in [1.29, 1.82) is 0 Å². The van der Waals surface area contributed by atoms with Gasteiger partial charge in [0.1, 0.15) is 0 Å². The van der Waals surface area contributed by atoms with Crippen LogP contribution >= 0.6 is 7.82 Å². The first kappa shape index (κ1) is 15.8. The first-order valence-electron chi connectivity index (χ1n) is 4.93. The summed E-state index contributed by atoms with van der Waals surface area (Å²) in [4.78, 5) is 17.0. The van der Waals surface area contributed by atoms with Crippen LogP contribution in [0.5, 0.6) is 0 Å². The Labute approximate surface area is 94.8 Å². The summed E-state index contributed by atoms with van der Waals surface area (Å²) in [5.41, 5.74) is 0.323. The van der Waals surface area contributed by atoms with E-state index in [1.807, 2.05) is 0 Å². The van der Waals surface area contributed by atoms with E-state index in [2.05, 4.69) is 11.1 Å². The third-order valence-electron chi connectivity index (χ3n) is 2.39. The van der Waals surface area contributed by atoms with Gasteiger partial charge in [0, 0.05) is 5.92 Å². The SMILES string of the molecule is C=C(COP(=O)(O)O)[C@H](C)[C@@H](O)[C@H](O)CC. The lowest BCUT2D eigenvalue weighted by molar-refractivity contribution is -0.00720. The predicted molar refractivity (Wildman–Crippen MR) is 58.6 cm³/mol. The van der Waals surface area contributed by atoms with Crippen LogP contribution in [-0.2, 0) is 9.09 Å². The fraction of sp³-hybridized carbons (Fsp3) is 0.778. The number of hydrogen-bond acceptors (Lipinski definition) is 4. The summed E-state index contributed by atoms with van der Waals surface area (Å²) >= 11 is 0. The normalized spacial score (nSPS) is 17.9. The van der Waals surface area contributed by atoms with E-state index in [1.165, 1.54) is 0 Å². The van der Waals surface area contributed by atoms with Crippen molar-refractivity contribution >= 4 is 7.82 Å². The summed E-state index contributed by atoms with van der Waals surface area (Å²) in [7, 11) is -4.53. The maximum atomic E-state index is 10.4. The third kappa shape index (κ3) is 5.75. The number of phosphoric acid groups is 1. The Morgan fingerprint density at radius 1 is 1.44 bits per heavy atom. The summed E-state index contributed by atoms with van der Waals surface area (Å²) in [6.45, 7) is 6.53. The lowest BCUT2D eigenvalue weighted by Gasteiger charge is -2.24. The van der Waals surface area contributed by atoms with Gasteiger partial charge in [-0.3, -0.25) is 4.52 Å². The largest absolute Gasteiger partial charge is 0.469 e. The predicted octanol–water partition coefficient (Wildman–Crippen LogP) is 0.420. The molecule has 0 spiro atoms. The minimum atomic E-state index is -4.53. The van der Waals surface area contributed by atoms with Gasteiger partial charge in [-0.15, -0.1) is 0 Å². The fourth-order valence-electron chi connectivity index (χ4n) is 1.11. The van der Waals surface area contributed by atoms with Crippen molar-refractivity contribution in [2.24, 2.45) is 5.92 Å². The molecule has 0 aliphatic rings. The zero-order valence-electron chi connectivity index (χ0n) is 9.41. The molecule has 6 nitrogen and oxygen atoms in total. The summed E-state index contributed by atoms with van der Waals surface area (Å²) < 4.78 is 14.7. The van der Waals surface area contributed by atoms with E-state index < -0.39 is 25.9 Å². The monoisotopic (exact) mass is 254 g/mol. The third-order valence-corrected chi connectivity index (χ3v) is 2.85. The molecule has 3 atom stereocenters. The van der Waals surface area contributed by atoms with Crippen molar-refractivity contribution in [1.82, 2.24) is 0 Å². The molecular formula is C9H19O6P.